The molecule has 0 bridgehead atoms. The fourth-order valence-electron chi connectivity index (χ4n) is 2.32. The molecule has 0 spiro atoms. The van der Waals surface area contributed by atoms with E-state index in [4.69, 9.17) is 28.3 Å². The van der Waals surface area contributed by atoms with E-state index in [0.29, 0.717) is 19.4 Å². The highest BCUT2D eigenvalue weighted by Crippen LogP contribution is 2.47. The van der Waals surface area contributed by atoms with Crippen molar-refractivity contribution in [3.05, 3.63) is 0 Å². The van der Waals surface area contributed by atoms with Gasteiger partial charge in [0.1, 0.15) is 0 Å². The summed E-state index contributed by atoms with van der Waals surface area (Å²) in [6.07, 6.45) is -0.0939. The molecule has 78 valence electrons. The highest BCUT2D eigenvalue weighted by molar-refractivity contribution is 6.59. The molecule has 4 nitrogen and oxygen atoms in total. The first-order chi connectivity index (χ1) is 6.44. The third kappa shape index (κ3) is 1.21. The van der Waals surface area contributed by atoms with E-state index in [2.05, 4.69) is 0 Å². The van der Waals surface area contributed by atoms with Crippen molar-refractivity contribution in [1.82, 2.24) is 4.90 Å². The smallest absolute Gasteiger partial charge is 0.407 e. The van der Waals surface area contributed by atoms with Crippen molar-refractivity contribution in [2.24, 2.45) is 5.92 Å². The maximum atomic E-state index is 11.4. The molecule has 0 aromatic heterocycles. The van der Waals surface area contributed by atoms with Crippen LogP contribution >= 0.6 is 23.2 Å². The van der Waals surface area contributed by atoms with Crippen LogP contribution < -0.4 is 0 Å². The number of carbonyl (C=O) groups is 2. The van der Waals surface area contributed by atoms with Gasteiger partial charge in [-0.3, -0.25) is 4.79 Å². The summed E-state index contributed by atoms with van der Waals surface area (Å²) in [4.78, 5) is 23.4. The third-order valence-corrected chi connectivity index (χ3v) is 3.83. The maximum Gasteiger partial charge on any atom is 0.407 e. The summed E-state index contributed by atoms with van der Waals surface area (Å²) in [5.41, 5.74) is 0. The van der Waals surface area contributed by atoms with Gasteiger partial charge in [-0.15, -0.1) is 0 Å². The van der Waals surface area contributed by atoms with Gasteiger partial charge in [-0.1, -0.05) is 23.2 Å². The van der Waals surface area contributed by atoms with E-state index in [9.17, 15) is 9.59 Å². The number of nitrogens with zero attached hydrogens (tertiary/aromatic N) is 1. The molecule has 14 heavy (non-hydrogen) atoms. The summed E-state index contributed by atoms with van der Waals surface area (Å²) in [6, 6.07) is -0.559. The average Bonchev–Trinajstić information content (AvgIpc) is 2.55. The highest BCUT2D eigenvalue weighted by Gasteiger charge is 2.59. The van der Waals surface area contributed by atoms with Gasteiger partial charge in [0.2, 0.25) is 0 Å². The summed E-state index contributed by atoms with van der Waals surface area (Å²) >= 11 is 11.7. The molecule has 0 radical (unpaired) electrons. The molecule has 2 aliphatic rings. The van der Waals surface area contributed by atoms with Crippen LogP contribution in [-0.2, 0) is 4.79 Å². The average molecular weight is 238 g/mol. The zero-order valence-electron chi connectivity index (χ0n) is 7.24. The Labute approximate surface area is 90.8 Å². The number of hydrogen-bond acceptors (Lipinski definition) is 2. The van der Waals surface area contributed by atoms with Gasteiger partial charge >= 0.3 is 6.09 Å². The van der Waals surface area contributed by atoms with Crippen molar-refractivity contribution < 1.29 is 14.7 Å². The second-order valence-electron chi connectivity index (χ2n) is 3.72. The molecule has 1 N–H and O–H groups in total. The van der Waals surface area contributed by atoms with E-state index in [0.717, 1.165) is 0 Å². The Morgan fingerprint density at radius 1 is 1.57 bits per heavy atom. The monoisotopic (exact) mass is 237 g/mol. The number of alkyl halides is 2. The number of ketones is 1. The third-order valence-electron chi connectivity index (χ3n) is 2.96. The number of rotatable bonds is 0. The lowest BCUT2D eigenvalue weighted by Crippen LogP contribution is -2.46. The zero-order valence-corrected chi connectivity index (χ0v) is 8.75. The van der Waals surface area contributed by atoms with Gasteiger partial charge in [0, 0.05) is 13.0 Å². The van der Waals surface area contributed by atoms with Gasteiger partial charge in [-0.05, 0) is 12.3 Å². The summed E-state index contributed by atoms with van der Waals surface area (Å²) in [5.74, 6) is -0.268. The van der Waals surface area contributed by atoms with E-state index in [1.54, 1.807) is 0 Å². The number of carboxylic acid groups (broad SMARTS) is 1. The van der Waals surface area contributed by atoms with Crippen LogP contribution in [0.25, 0.3) is 0 Å². The highest BCUT2D eigenvalue weighted by atomic mass is 35.5. The lowest BCUT2D eigenvalue weighted by atomic mass is 10.0. The van der Waals surface area contributed by atoms with E-state index in [-0.39, 0.29) is 11.7 Å². The van der Waals surface area contributed by atoms with Crippen LogP contribution in [0.2, 0.25) is 0 Å². The molecule has 1 saturated heterocycles. The lowest BCUT2D eigenvalue weighted by Gasteiger charge is -2.27. The second kappa shape index (κ2) is 3.00. The predicted octanol–water partition coefficient (Wildman–Crippen LogP) is 1.50. The Hall–Kier alpha value is -0.480. The van der Waals surface area contributed by atoms with E-state index in [1.165, 1.54) is 4.90 Å². The molecule has 1 aliphatic carbocycles. The molecule has 2 atom stereocenters. The molecule has 2 fully saturated rings. The number of halogens is 2. The van der Waals surface area contributed by atoms with Crippen LogP contribution in [-0.4, -0.2) is 38.8 Å². The standard InChI is InChI=1S/C8H9Cl2NO3/c9-8(10)5(12)3-4-1-2-11(6(4)8)7(13)14/h4,6H,1-3H2,(H,13,14). The second-order valence-corrected chi connectivity index (χ2v) is 5.11. The predicted molar refractivity (Wildman–Crippen MR) is 50.7 cm³/mol. The number of likely N-dealkylation sites (tertiary alicyclic amines) is 1. The van der Waals surface area contributed by atoms with Gasteiger partial charge in [-0.25, -0.2) is 4.79 Å². The molecule has 2 unspecified atom stereocenters. The lowest BCUT2D eigenvalue weighted by molar-refractivity contribution is -0.118. The number of carbonyl (C=O) groups excluding carboxylic acids is 1. The first kappa shape index (κ1) is 10.1. The van der Waals surface area contributed by atoms with Crippen LogP contribution in [0.3, 0.4) is 0 Å². The SMILES string of the molecule is O=C(O)N1CCC2CC(=O)C(Cl)(Cl)C21. The van der Waals surface area contributed by atoms with Gasteiger partial charge in [0.05, 0.1) is 6.04 Å². The minimum atomic E-state index is -1.54. The van der Waals surface area contributed by atoms with Crippen molar-refractivity contribution in [3.8, 4) is 0 Å². The molecule has 1 aliphatic heterocycles. The fourth-order valence-corrected chi connectivity index (χ4v) is 3.06. The van der Waals surface area contributed by atoms with Crippen LogP contribution in [0.5, 0.6) is 0 Å². The molecule has 1 saturated carbocycles. The number of fused-ring (bicyclic) bond motifs is 1. The van der Waals surface area contributed by atoms with E-state index < -0.39 is 16.5 Å². The van der Waals surface area contributed by atoms with Crippen LogP contribution in [0.4, 0.5) is 4.79 Å². The van der Waals surface area contributed by atoms with Gasteiger partial charge in [-0.2, -0.15) is 0 Å². The number of hydrogen-bond donors (Lipinski definition) is 1. The molecule has 1 heterocycles. The Morgan fingerprint density at radius 2 is 2.21 bits per heavy atom. The normalized spacial score (nSPS) is 34.7. The summed E-state index contributed by atoms with van der Waals surface area (Å²) in [7, 11) is 0. The summed E-state index contributed by atoms with van der Waals surface area (Å²) in [5, 5.41) is 8.88. The fraction of sp³-hybridized carbons (Fsp3) is 0.750. The Balaban J connectivity index is 2.31. The maximum absolute atomic E-state index is 11.4. The molecule has 2 rings (SSSR count). The molecule has 0 aromatic carbocycles. The molecule has 6 heteroatoms. The summed E-state index contributed by atoms with van der Waals surface area (Å²) in [6.45, 7) is 0.416. The minimum Gasteiger partial charge on any atom is -0.465 e. The van der Waals surface area contributed by atoms with Crippen molar-refractivity contribution in [1.29, 1.82) is 0 Å². The Morgan fingerprint density at radius 3 is 2.79 bits per heavy atom. The van der Waals surface area contributed by atoms with Crippen molar-refractivity contribution >= 4 is 35.1 Å². The van der Waals surface area contributed by atoms with Gasteiger partial charge in [0.25, 0.3) is 0 Å². The van der Waals surface area contributed by atoms with Crippen molar-refractivity contribution in [2.75, 3.05) is 6.54 Å². The number of amides is 1. The molecule has 0 aromatic rings. The van der Waals surface area contributed by atoms with Crippen molar-refractivity contribution in [3.63, 3.8) is 0 Å². The van der Waals surface area contributed by atoms with Crippen molar-refractivity contribution in [2.45, 2.75) is 23.2 Å². The molecular weight excluding hydrogens is 229 g/mol. The number of Topliss-reactive ketones (excluding diaryl/α,β-unsaturated/α-hetero) is 1. The first-order valence-electron chi connectivity index (χ1n) is 4.35. The summed E-state index contributed by atoms with van der Waals surface area (Å²) < 4.78 is -1.54. The van der Waals surface area contributed by atoms with E-state index in [1.807, 2.05) is 0 Å². The zero-order chi connectivity index (χ0) is 10.5. The minimum absolute atomic E-state index is 0.00593. The molecule has 1 amide bonds. The van der Waals surface area contributed by atoms with Gasteiger partial charge in [0.15, 0.2) is 10.1 Å². The Kier molecular flexibility index (Phi) is 2.16. The Bertz CT molecular complexity index is 305. The quantitative estimate of drug-likeness (QED) is 0.650. The van der Waals surface area contributed by atoms with Gasteiger partial charge < -0.3 is 10.0 Å². The van der Waals surface area contributed by atoms with Crippen LogP contribution in [0.1, 0.15) is 12.8 Å². The topological polar surface area (TPSA) is 57.6 Å². The first-order valence-corrected chi connectivity index (χ1v) is 5.11. The van der Waals surface area contributed by atoms with Crippen LogP contribution in [0.15, 0.2) is 0 Å². The molecular formula is C8H9Cl2NO3. The van der Waals surface area contributed by atoms with E-state index >= 15 is 0 Å². The largest absolute Gasteiger partial charge is 0.465 e. The van der Waals surface area contributed by atoms with Crippen LogP contribution in [0, 0.1) is 5.92 Å².